The lowest BCUT2D eigenvalue weighted by molar-refractivity contribution is -0.139. The third-order valence-corrected chi connectivity index (χ3v) is 10.0. The molecule has 8 atom stereocenters. The van der Waals surface area contributed by atoms with E-state index in [0.717, 1.165) is 77.0 Å². The molecule has 3 aliphatic rings. The molecule has 256 valence electrons. The SMILES string of the molecule is CCCCCCCCCC[C@H](O)[C@H]1CC[C@@H]([C@@H]2CC[C@H]([C@H](O)CCCCCCCCCC[C@H](O)CC3=C[C@H](C)OC3=O)O2)O1. The van der Waals surface area contributed by atoms with E-state index in [2.05, 4.69) is 6.92 Å². The second-order valence-electron chi connectivity index (χ2n) is 14.0. The number of hydrogen-bond acceptors (Lipinski definition) is 7. The highest BCUT2D eigenvalue weighted by atomic mass is 16.6. The van der Waals surface area contributed by atoms with Crippen LogP contribution in [-0.4, -0.2) is 70.1 Å². The molecule has 7 nitrogen and oxygen atoms in total. The fraction of sp³-hybridized carbons (Fsp3) is 0.919. The van der Waals surface area contributed by atoms with Gasteiger partial charge in [0.2, 0.25) is 0 Å². The van der Waals surface area contributed by atoms with Crippen molar-refractivity contribution in [1.82, 2.24) is 0 Å². The lowest BCUT2D eigenvalue weighted by atomic mass is 10.00. The van der Waals surface area contributed by atoms with Crippen LogP contribution in [-0.2, 0) is 19.0 Å². The number of carbonyl (C=O) groups excluding carboxylic acids is 1. The van der Waals surface area contributed by atoms with Crippen LogP contribution in [0.25, 0.3) is 0 Å². The van der Waals surface area contributed by atoms with Crippen molar-refractivity contribution in [1.29, 1.82) is 0 Å². The molecule has 0 aromatic heterocycles. The summed E-state index contributed by atoms with van der Waals surface area (Å²) < 4.78 is 17.7. The van der Waals surface area contributed by atoms with Crippen LogP contribution in [0.3, 0.4) is 0 Å². The Bertz CT molecular complexity index is 801. The minimum Gasteiger partial charge on any atom is -0.455 e. The quantitative estimate of drug-likeness (QED) is 0.0703. The Hall–Kier alpha value is -0.990. The van der Waals surface area contributed by atoms with Crippen LogP contribution >= 0.6 is 0 Å². The summed E-state index contributed by atoms with van der Waals surface area (Å²) in [6, 6.07) is 0. The van der Waals surface area contributed by atoms with Crippen molar-refractivity contribution in [2.24, 2.45) is 0 Å². The molecule has 0 aliphatic carbocycles. The molecule has 0 bridgehead atoms. The standard InChI is InChI=1S/C37H66O7/c1-3-4-5-6-7-11-14-17-20-31(39)33-22-24-35(43-33)36-25-23-34(44-36)32(40)21-18-15-12-9-8-10-13-16-19-30(38)27-29-26-28(2)42-37(29)41/h26,28,30-36,38-40H,3-25,27H2,1-2H3/t28-,30-,31-,32+,33+,34+,35-,36-/m0/s1. The van der Waals surface area contributed by atoms with Gasteiger partial charge in [-0.15, -0.1) is 0 Å². The third kappa shape index (κ3) is 14.2. The first-order chi connectivity index (χ1) is 21.4. The molecular weight excluding hydrogens is 556 g/mol. The van der Waals surface area contributed by atoms with Gasteiger partial charge >= 0.3 is 5.97 Å². The van der Waals surface area contributed by atoms with Crippen LogP contribution in [0, 0.1) is 0 Å². The van der Waals surface area contributed by atoms with Crippen LogP contribution in [0.4, 0.5) is 0 Å². The first-order valence-electron chi connectivity index (χ1n) is 18.6. The van der Waals surface area contributed by atoms with Gasteiger partial charge in [0, 0.05) is 12.0 Å². The van der Waals surface area contributed by atoms with E-state index in [1.54, 1.807) is 0 Å². The highest BCUT2D eigenvalue weighted by molar-refractivity contribution is 5.90. The molecule has 44 heavy (non-hydrogen) atoms. The molecule has 7 heteroatoms. The maximum atomic E-state index is 11.7. The van der Waals surface area contributed by atoms with E-state index >= 15 is 0 Å². The van der Waals surface area contributed by atoms with Gasteiger partial charge in [-0.05, 0) is 57.9 Å². The number of esters is 1. The highest BCUT2D eigenvalue weighted by Crippen LogP contribution is 2.34. The molecule has 3 heterocycles. The Kier molecular flexibility index (Phi) is 18.5. The summed E-state index contributed by atoms with van der Waals surface area (Å²) in [4.78, 5) is 11.7. The largest absolute Gasteiger partial charge is 0.455 e. The molecule has 3 aliphatic heterocycles. The molecule has 3 N–H and O–H groups in total. The zero-order valence-corrected chi connectivity index (χ0v) is 28.1. The molecule has 0 radical (unpaired) electrons. The molecule has 2 fully saturated rings. The van der Waals surface area contributed by atoms with E-state index < -0.39 is 12.2 Å². The van der Waals surface area contributed by atoms with Gasteiger partial charge in [-0.2, -0.15) is 0 Å². The van der Waals surface area contributed by atoms with E-state index in [-0.39, 0.29) is 42.6 Å². The minimum absolute atomic E-state index is 0.0519. The predicted octanol–water partition coefficient (Wildman–Crippen LogP) is 7.86. The first-order valence-corrected chi connectivity index (χ1v) is 18.6. The zero-order chi connectivity index (χ0) is 31.6. The second-order valence-corrected chi connectivity index (χ2v) is 14.0. The number of ether oxygens (including phenoxy) is 3. The smallest absolute Gasteiger partial charge is 0.334 e. The number of cyclic esters (lactones) is 1. The van der Waals surface area contributed by atoms with Crippen LogP contribution in [0.2, 0.25) is 0 Å². The summed E-state index contributed by atoms with van der Waals surface area (Å²) in [7, 11) is 0. The highest BCUT2D eigenvalue weighted by Gasteiger charge is 2.40. The van der Waals surface area contributed by atoms with Gasteiger partial charge in [-0.25, -0.2) is 4.79 Å². The molecule has 2 saturated heterocycles. The summed E-state index contributed by atoms with van der Waals surface area (Å²) in [5.74, 6) is -0.281. The molecule has 0 amide bonds. The van der Waals surface area contributed by atoms with Gasteiger partial charge in [0.15, 0.2) is 0 Å². The van der Waals surface area contributed by atoms with Gasteiger partial charge in [0.05, 0.1) is 42.7 Å². The van der Waals surface area contributed by atoms with Gasteiger partial charge in [0.25, 0.3) is 0 Å². The maximum absolute atomic E-state index is 11.7. The molecule has 0 aromatic rings. The number of aliphatic hydroxyl groups is 3. The number of carbonyl (C=O) groups is 1. The van der Waals surface area contributed by atoms with Crippen LogP contribution in [0.15, 0.2) is 11.6 Å². The normalized spacial score (nSPS) is 27.4. The van der Waals surface area contributed by atoms with Crippen molar-refractivity contribution < 1.29 is 34.3 Å². The summed E-state index contributed by atoms with van der Waals surface area (Å²) in [6.45, 7) is 4.09. The maximum Gasteiger partial charge on any atom is 0.334 e. The Labute approximate surface area is 268 Å². The van der Waals surface area contributed by atoms with Crippen molar-refractivity contribution in [2.45, 2.75) is 217 Å². The molecular formula is C37H66O7. The van der Waals surface area contributed by atoms with E-state index in [0.29, 0.717) is 12.0 Å². The average Bonchev–Trinajstić information content (AvgIpc) is 3.75. The fourth-order valence-electron chi connectivity index (χ4n) is 7.28. The summed E-state index contributed by atoms with van der Waals surface area (Å²) in [6.07, 6.45) is 26.1. The topological polar surface area (TPSA) is 105 Å². The molecule has 0 unspecified atom stereocenters. The summed E-state index contributed by atoms with van der Waals surface area (Å²) in [5.41, 5.74) is 0.617. The monoisotopic (exact) mass is 622 g/mol. The number of hydrogen-bond donors (Lipinski definition) is 3. The Balaban J connectivity index is 1.13. The molecule has 3 rings (SSSR count). The number of aliphatic hydroxyl groups excluding tert-OH is 3. The molecule has 0 aromatic carbocycles. The van der Waals surface area contributed by atoms with Crippen molar-refractivity contribution in [2.75, 3.05) is 0 Å². The predicted molar refractivity (Wildman–Crippen MR) is 175 cm³/mol. The second kappa shape index (κ2) is 21.7. The number of rotatable bonds is 25. The lowest BCUT2D eigenvalue weighted by Crippen LogP contribution is -2.33. The number of unbranched alkanes of at least 4 members (excludes halogenated alkanes) is 14. The van der Waals surface area contributed by atoms with Gasteiger partial charge in [-0.1, -0.05) is 110 Å². The van der Waals surface area contributed by atoms with Gasteiger partial charge in [0.1, 0.15) is 6.10 Å². The summed E-state index contributed by atoms with van der Waals surface area (Å²) in [5, 5.41) is 31.6. The third-order valence-electron chi connectivity index (χ3n) is 10.0. The zero-order valence-electron chi connectivity index (χ0n) is 28.1. The average molecular weight is 623 g/mol. The van der Waals surface area contributed by atoms with Crippen molar-refractivity contribution in [3.05, 3.63) is 11.6 Å². The van der Waals surface area contributed by atoms with Crippen LogP contribution < -0.4 is 0 Å². The van der Waals surface area contributed by atoms with E-state index in [1.807, 2.05) is 13.0 Å². The summed E-state index contributed by atoms with van der Waals surface area (Å²) >= 11 is 0. The van der Waals surface area contributed by atoms with Gasteiger partial charge in [-0.3, -0.25) is 0 Å². The minimum atomic E-state index is -0.463. The Morgan fingerprint density at radius 3 is 1.52 bits per heavy atom. The first kappa shape index (κ1) is 37.5. The van der Waals surface area contributed by atoms with Crippen LogP contribution in [0.1, 0.15) is 168 Å². The van der Waals surface area contributed by atoms with E-state index in [1.165, 1.54) is 70.6 Å². The van der Waals surface area contributed by atoms with Crippen molar-refractivity contribution >= 4 is 5.97 Å². The molecule has 0 spiro atoms. The van der Waals surface area contributed by atoms with Gasteiger partial charge < -0.3 is 29.5 Å². The Morgan fingerprint density at radius 2 is 1.09 bits per heavy atom. The Morgan fingerprint density at radius 1 is 0.659 bits per heavy atom. The van der Waals surface area contributed by atoms with Crippen LogP contribution in [0.5, 0.6) is 0 Å². The van der Waals surface area contributed by atoms with Crippen molar-refractivity contribution in [3.8, 4) is 0 Å². The lowest BCUT2D eigenvalue weighted by Gasteiger charge is -2.24. The fourth-order valence-corrected chi connectivity index (χ4v) is 7.28. The van der Waals surface area contributed by atoms with E-state index in [9.17, 15) is 20.1 Å². The van der Waals surface area contributed by atoms with Crippen molar-refractivity contribution in [3.63, 3.8) is 0 Å². The molecule has 0 saturated carbocycles. The van der Waals surface area contributed by atoms with E-state index in [4.69, 9.17) is 14.2 Å².